The SMILES string of the molecule is OC(Cc1ccoc1)c1ccc(F)cc1. The summed E-state index contributed by atoms with van der Waals surface area (Å²) >= 11 is 0. The zero-order valence-corrected chi connectivity index (χ0v) is 8.06. The standard InChI is InChI=1S/C12H11FO2/c13-11-3-1-10(2-4-11)12(14)7-9-5-6-15-8-9/h1-6,8,12,14H,7H2. The molecule has 0 spiro atoms. The Morgan fingerprint density at radius 1 is 1.20 bits per heavy atom. The van der Waals surface area contributed by atoms with Crippen LogP contribution in [0.1, 0.15) is 17.2 Å². The van der Waals surface area contributed by atoms with E-state index in [9.17, 15) is 9.50 Å². The molecule has 2 rings (SSSR count). The van der Waals surface area contributed by atoms with Gasteiger partial charge in [-0.25, -0.2) is 4.39 Å². The smallest absolute Gasteiger partial charge is 0.123 e. The normalized spacial score (nSPS) is 12.7. The molecular formula is C12H11FO2. The Bertz CT molecular complexity index is 406. The highest BCUT2D eigenvalue weighted by Crippen LogP contribution is 2.18. The van der Waals surface area contributed by atoms with Crippen molar-refractivity contribution in [1.82, 2.24) is 0 Å². The van der Waals surface area contributed by atoms with Crippen LogP contribution < -0.4 is 0 Å². The van der Waals surface area contributed by atoms with E-state index in [1.54, 1.807) is 30.7 Å². The number of rotatable bonds is 3. The number of hydrogen-bond donors (Lipinski definition) is 1. The topological polar surface area (TPSA) is 33.4 Å². The molecule has 0 aliphatic rings. The molecule has 0 amide bonds. The zero-order valence-electron chi connectivity index (χ0n) is 8.06. The van der Waals surface area contributed by atoms with Crippen molar-refractivity contribution in [3.8, 4) is 0 Å². The first kappa shape index (κ1) is 9.93. The minimum Gasteiger partial charge on any atom is -0.472 e. The quantitative estimate of drug-likeness (QED) is 0.837. The highest BCUT2D eigenvalue weighted by Gasteiger charge is 2.09. The molecule has 1 atom stereocenters. The Morgan fingerprint density at radius 3 is 2.53 bits per heavy atom. The van der Waals surface area contributed by atoms with E-state index in [-0.39, 0.29) is 5.82 Å². The summed E-state index contributed by atoms with van der Waals surface area (Å²) in [6.45, 7) is 0. The molecule has 0 fully saturated rings. The lowest BCUT2D eigenvalue weighted by Gasteiger charge is -2.09. The summed E-state index contributed by atoms with van der Waals surface area (Å²) in [6, 6.07) is 7.65. The molecule has 0 saturated heterocycles. The van der Waals surface area contributed by atoms with Crippen molar-refractivity contribution in [1.29, 1.82) is 0 Å². The van der Waals surface area contributed by atoms with Crippen LogP contribution in [0.25, 0.3) is 0 Å². The highest BCUT2D eigenvalue weighted by atomic mass is 19.1. The number of aliphatic hydroxyl groups excluding tert-OH is 1. The van der Waals surface area contributed by atoms with E-state index in [0.29, 0.717) is 12.0 Å². The molecule has 1 aromatic carbocycles. The fraction of sp³-hybridized carbons (Fsp3) is 0.167. The first-order chi connectivity index (χ1) is 7.25. The molecule has 0 bridgehead atoms. The third kappa shape index (κ3) is 2.44. The maximum Gasteiger partial charge on any atom is 0.123 e. The van der Waals surface area contributed by atoms with Gasteiger partial charge >= 0.3 is 0 Å². The van der Waals surface area contributed by atoms with Gasteiger partial charge in [0, 0.05) is 6.42 Å². The van der Waals surface area contributed by atoms with Crippen LogP contribution in [-0.2, 0) is 6.42 Å². The second kappa shape index (κ2) is 4.28. The number of furan rings is 1. The summed E-state index contributed by atoms with van der Waals surface area (Å²) in [5.41, 5.74) is 1.63. The third-order valence-electron chi connectivity index (χ3n) is 2.26. The summed E-state index contributed by atoms with van der Waals surface area (Å²) in [5, 5.41) is 9.82. The molecule has 0 saturated carbocycles. The molecule has 2 nitrogen and oxygen atoms in total. The molecule has 3 heteroatoms. The van der Waals surface area contributed by atoms with E-state index in [1.165, 1.54) is 12.1 Å². The van der Waals surface area contributed by atoms with Crippen molar-refractivity contribution in [3.63, 3.8) is 0 Å². The summed E-state index contributed by atoms with van der Waals surface area (Å²) in [6.07, 6.45) is 3.00. The summed E-state index contributed by atoms with van der Waals surface area (Å²) in [7, 11) is 0. The molecule has 2 aromatic rings. The van der Waals surface area contributed by atoms with Crippen molar-refractivity contribution < 1.29 is 13.9 Å². The average Bonchev–Trinajstić information content (AvgIpc) is 2.71. The minimum absolute atomic E-state index is 0.297. The molecule has 0 aliphatic carbocycles. The first-order valence-corrected chi connectivity index (χ1v) is 4.70. The Balaban J connectivity index is 2.08. The molecule has 1 aromatic heterocycles. The van der Waals surface area contributed by atoms with Gasteiger partial charge in [-0.2, -0.15) is 0 Å². The number of halogens is 1. The van der Waals surface area contributed by atoms with Gasteiger partial charge in [0.05, 0.1) is 18.6 Å². The van der Waals surface area contributed by atoms with Crippen LogP contribution in [0.5, 0.6) is 0 Å². The molecular weight excluding hydrogens is 195 g/mol. The van der Waals surface area contributed by atoms with Crippen molar-refractivity contribution in [2.75, 3.05) is 0 Å². The fourth-order valence-corrected chi connectivity index (χ4v) is 1.43. The van der Waals surface area contributed by atoms with E-state index in [1.807, 2.05) is 0 Å². The van der Waals surface area contributed by atoms with Gasteiger partial charge in [-0.15, -0.1) is 0 Å². The largest absolute Gasteiger partial charge is 0.472 e. The Labute approximate surface area is 87.0 Å². The Hall–Kier alpha value is -1.61. The predicted octanol–water partition coefficient (Wildman–Crippen LogP) is 2.69. The molecule has 1 unspecified atom stereocenters. The van der Waals surface area contributed by atoms with Gasteiger partial charge in [-0.3, -0.25) is 0 Å². The predicted molar refractivity (Wildman–Crippen MR) is 53.8 cm³/mol. The Kier molecular flexibility index (Phi) is 2.83. The van der Waals surface area contributed by atoms with Crippen LogP contribution in [0.15, 0.2) is 47.3 Å². The lowest BCUT2D eigenvalue weighted by atomic mass is 10.0. The molecule has 0 radical (unpaired) electrons. The van der Waals surface area contributed by atoms with Crippen LogP contribution in [-0.4, -0.2) is 5.11 Å². The van der Waals surface area contributed by atoms with E-state index >= 15 is 0 Å². The van der Waals surface area contributed by atoms with E-state index in [4.69, 9.17) is 4.42 Å². The van der Waals surface area contributed by atoms with Gasteiger partial charge in [-0.1, -0.05) is 12.1 Å². The number of aliphatic hydroxyl groups is 1. The maximum absolute atomic E-state index is 12.6. The second-order valence-electron chi connectivity index (χ2n) is 3.40. The maximum atomic E-state index is 12.6. The van der Waals surface area contributed by atoms with Crippen molar-refractivity contribution in [2.45, 2.75) is 12.5 Å². The van der Waals surface area contributed by atoms with Crippen LogP contribution in [0, 0.1) is 5.82 Å². The average molecular weight is 206 g/mol. The van der Waals surface area contributed by atoms with Gasteiger partial charge in [0.1, 0.15) is 5.82 Å². The zero-order chi connectivity index (χ0) is 10.7. The van der Waals surface area contributed by atoms with Crippen LogP contribution in [0.2, 0.25) is 0 Å². The van der Waals surface area contributed by atoms with Crippen molar-refractivity contribution >= 4 is 0 Å². The molecule has 1 heterocycles. The minimum atomic E-state index is -0.622. The van der Waals surface area contributed by atoms with E-state index < -0.39 is 6.10 Å². The first-order valence-electron chi connectivity index (χ1n) is 4.70. The molecule has 15 heavy (non-hydrogen) atoms. The molecule has 1 N–H and O–H groups in total. The van der Waals surface area contributed by atoms with E-state index in [0.717, 1.165) is 5.56 Å². The van der Waals surface area contributed by atoms with Gasteiger partial charge in [0.15, 0.2) is 0 Å². The number of benzene rings is 1. The van der Waals surface area contributed by atoms with Crippen LogP contribution in [0.3, 0.4) is 0 Å². The van der Waals surface area contributed by atoms with Gasteiger partial charge in [0.2, 0.25) is 0 Å². The summed E-state index contributed by atoms with van der Waals surface area (Å²) in [4.78, 5) is 0. The molecule has 0 aliphatic heterocycles. The Morgan fingerprint density at radius 2 is 1.93 bits per heavy atom. The third-order valence-corrected chi connectivity index (χ3v) is 2.26. The fourth-order valence-electron chi connectivity index (χ4n) is 1.43. The van der Waals surface area contributed by atoms with Crippen LogP contribution in [0.4, 0.5) is 4.39 Å². The lowest BCUT2D eigenvalue weighted by molar-refractivity contribution is 0.178. The monoisotopic (exact) mass is 206 g/mol. The summed E-state index contributed by atoms with van der Waals surface area (Å²) < 4.78 is 17.5. The van der Waals surface area contributed by atoms with Crippen molar-refractivity contribution in [2.24, 2.45) is 0 Å². The molecule has 78 valence electrons. The summed E-state index contributed by atoms with van der Waals surface area (Å²) in [5.74, 6) is -0.297. The van der Waals surface area contributed by atoms with Crippen molar-refractivity contribution in [3.05, 3.63) is 59.8 Å². The van der Waals surface area contributed by atoms with Gasteiger partial charge < -0.3 is 9.52 Å². The second-order valence-corrected chi connectivity index (χ2v) is 3.40. The highest BCUT2D eigenvalue weighted by molar-refractivity contribution is 5.20. The van der Waals surface area contributed by atoms with E-state index in [2.05, 4.69) is 0 Å². The van der Waals surface area contributed by atoms with Gasteiger partial charge in [0.25, 0.3) is 0 Å². The number of hydrogen-bond acceptors (Lipinski definition) is 2. The van der Waals surface area contributed by atoms with Crippen LogP contribution >= 0.6 is 0 Å². The van der Waals surface area contributed by atoms with Gasteiger partial charge in [-0.05, 0) is 29.3 Å². The lowest BCUT2D eigenvalue weighted by Crippen LogP contribution is -2.00.